The second kappa shape index (κ2) is 6.96. The SMILES string of the molecule is CCCOC1(OCCC)N=C(N)C2(C#N)C(c3ccc(Cl)c(Cl)c3)C12C#N. The Bertz CT molecular complexity index is 867. The van der Waals surface area contributed by atoms with Crippen LogP contribution >= 0.6 is 23.2 Å². The van der Waals surface area contributed by atoms with Crippen molar-refractivity contribution in [3.8, 4) is 12.1 Å². The Morgan fingerprint density at radius 3 is 2.22 bits per heavy atom. The third-order valence-corrected chi connectivity index (χ3v) is 5.95. The molecule has 3 atom stereocenters. The van der Waals surface area contributed by atoms with Gasteiger partial charge in [-0.25, -0.2) is 4.99 Å². The predicted octanol–water partition coefficient (Wildman–Crippen LogP) is 3.99. The molecule has 0 radical (unpaired) electrons. The minimum Gasteiger partial charge on any atom is -0.386 e. The molecule has 1 aliphatic heterocycles. The number of nitrogens with two attached hydrogens (primary N) is 1. The van der Waals surface area contributed by atoms with Crippen molar-refractivity contribution < 1.29 is 9.47 Å². The van der Waals surface area contributed by atoms with Crippen molar-refractivity contribution in [1.29, 1.82) is 10.5 Å². The lowest BCUT2D eigenvalue weighted by Crippen LogP contribution is -2.44. The van der Waals surface area contributed by atoms with Crippen LogP contribution in [0.4, 0.5) is 0 Å². The fourth-order valence-corrected chi connectivity index (χ4v) is 4.34. The number of amidine groups is 1. The van der Waals surface area contributed by atoms with Gasteiger partial charge in [0.15, 0.2) is 5.41 Å². The van der Waals surface area contributed by atoms with Crippen LogP contribution in [0.3, 0.4) is 0 Å². The van der Waals surface area contributed by atoms with E-state index in [1.165, 1.54) is 0 Å². The number of nitrogens with zero attached hydrogens (tertiary/aromatic N) is 3. The number of hydrogen-bond donors (Lipinski definition) is 1. The van der Waals surface area contributed by atoms with Crippen molar-refractivity contribution in [2.24, 2.45) is 21.6 Å². The molecule has 1 heterocycles. The van der Waals surface area contributed by atoms with Crippen LogP contribution in [-0.4, -0.2) is 25.0 Å². The number of aliphatic imine (C=N–C) groups is 1. The predicted molar refractivity (Wildman–Crippen MR) is 102 cm³/mol. The van der Waals surface area contributed by atoms with Crippen molar-refractivity contribution in [2.75, 3.05) is 13.2 Å². The second-order valence-electron chi connectivity index (χ2n) is 6.72. The molecule has 0 amide bonds. The van der Waals surface area contributed by atoms with Gasteiger partial charge in [-0.2, -0.15) is 10.5 Å². The Labute approximate surface area is 168 Å². The number of rotatable bonds is 7. The highest BCUT2D eigenvalue weighted by molar-refractivity contribution is 6.42. The van der Waals surface area contributed by atoms with Gasteiger partial charge in [-0.1, -0.05) is 43.1 Å². The molecule has 6 nitrogen and oxygen atoms in total. The molecule has 1 saturated carbocycles. The van der Waals surface area contributed by atoms with E-state index in [0.717, 1.165) is 0 Å². The summed E-state index contributed by atoms with van der Waals surface area (Å²) in [5.74, 6) is -2.15. The molecule has 27 heavy (non-hydrogen) atoms. The van der Waals surface area contributed by atoms with Gasteiger partial charge < -0.3 is 15.2 Å². The van der Waals surface area contributed by atoms with Gasteiger partial charge in [-0.05, 0) is 30.5 Å². The molecule has 0 bridgehead atoms. The van der Waals surface area contributed by atoms with E-state index >= 15 is 0 Å². The van der Waals surface area contributed by atoms with Gasteiger partial charge in [0.05, 0.1) is 35.4 Å². The Kier molecular flexibility index (Phi) is 5.14. The average molecular weight is 407 g/mol. The summed E-state index contributed by atoms with van der Waals surface area (Å²) in [6.45, 7) is 4.52. The smallest absolute Gasteiger partial charge is 0.293 e. The Morgan fingerprint density at radius 1 is 1.11 bits per heavy atom. The average Bonchev–Trinajstić information content (AvgIpc) is 3.24. The maximum atomic E-state index is 10.2. The molecule has 0 aromatic heterocycles. The van der Waals surface area contributed by atoms with E-state index in [4.69, 9.17) is 38.4 Å². The summed E-state index contributed by atoms with van der Waals surface area (Å²) in [7, 11) is 0. The van der Waals surface area contributed by atoms with E-state index in [2.05, 4.69) is 17.1 Å². The number of ether oxygens (including phenoxy) is 2. The lowest BCUT2D eigenvalue weighted by atomic mass is 9.93. The molecule has 0 spiro atoms. The highest BCUT2D eigenvalue weighted by Crippen LogP contribution is 2.82. The Morgan fingerprint density at radius 2 is 1.74 bits per heavy atom. The first-order valence-corrected chi connectivity index (χ1v) is 9.57. The number of benzene rings is 1. The lowest BCUT2D eigenvalue weighted by molar-refractivity contribution is -0.259. The maximum absolute atomic E-state index is 10.2. The molecule has 8 heteroatoms. The third kappa shape index (κ3) is 2.41. The fourth-order valence-electron chi connectivity index (χ4n) is 4.03. The zero-order valence-electron chi connectivity index (χ0n) is 15.1. The van der Waals surface area contributed by atoms with Gasteiger partial charge in [0, 0.05) is 5.92 Å². The highest BCUT2D eigenvalue weighted by atomic mass is 35.5. The summed E-state index contributed by atoms with van der Waals surface area (Å²) >= 11 is 12.2. The monoisotopic (exact) mass is 406 g/mol. The molecular weight excluding hydrogens is 387 g/mol. The number of halogens is 2. The number of nitriles is 2. The third-order valence-electron chi connectivity index (χ3n) is 5.21. The molecule has 3 rings (SSSR count). The van der Waals surface area contributed by atoms with Crippen LogP contribution in [-0.2, 0) is 9.47 Å². The van der Waals surface area contributed by atoms with Crippen LogP contribution in [0.25, 0.3) is 0 Å². The molecule has 1 aromatic rings. The number of fused-ring (bicyclic) bond motifs is 1. The van der Waals surface area contributed by atoms with Crippen LogP contribution < -0.4 is 5.73 Å². The van der Waals surface area contributed by atoms with Gasteiger partial charge in [0.1, 0.15) is 11.3 Å². The van der Waals surface area contributed by atoms with Gasteiger partial charge in [-0.15, -0.1) is 0 Å². The van der Waals surface area contributed by atoms with E-state index < -0.39 is 22.7 Å². The van der Waals surface area contributed by atoms with Crippen molar-refractivity contribution in [1.82, 2.24) is 0 Å². The van der Waals surface area contributed by atoms with Gasteiger partial charge in [0.2, 0.25) is 0 Å². The molecule has 142 valence electrons. The maximum Gasteiger partial charge on any atom is 0.293 e. The summed E-state index contributed by atoms with van der Waals surface area (Å²) in [4.78, 5) is 4.37. The summed E-state index contributed by atoms with van der Waals surface area (Å²) < 4.78 is 11.9. The van der Waals surface area contributed by atoms with Crippen molar-refractivity contribution in [3.05, 3.63) is 33.8 Å². The zero-order valence-corrected chi connectivity index (χ0v) is 16.6. The summed E-state index contributed by atoms with van der Waals surface area (Å²) in [5, 5.41) is 21.0. The first-order valence-electron chi connectivity index (χ1n) is 8.81. The first-order chi connectivity index (χ1) is 12.9. The molecule has 1 aromatic carbocycles. The second-order valence-corrected chi connectivity index (χ2v) is 7.54. The van der Waals surface area contributed by atoms with Crippen LogP contribution in [0, 0.1) is 33.5 Å². The topological polar surface area (TPSA) is 104 Å². The van der Waals surface area contributed by atoms with Crippen LogP contribution in [0.5, 0.6) is 0 Å². The summed E-state index contributed by atoms with van der Waals surface area (Å²) in [6, 6.07) is 9.55. The fraction of sp³-hybridized carbons (Fsp3) is 0.526. The quantitative estimate of drug-likeness (QED) is 0.689. The van der Waals surface area contributed by atoms with E-state index in [0.29, 0.717) is 41.7 Å². The minimum atomic E-state index is -1.62. The molecule has 2 aliphatic rings. The molecule has 3 unspecified atom stereocenters. The molecule has 1 aliphatic carbocycles. The van der Waals surface area contributed by atoms with Gasteiger partial charge in [-0.3, -0.25) is 0 Å². The standard InChI is InChI=1S/C19H20Cl2N4O2/c1-3-7-26-19(27-8-4-2)18(11-23)15(17(18,10-22)16(24)25-19)12-5-6-13(20)14(21)9-12/h5-6,9,15H,3-4,7-8H2,1-2H3,(H2,24,25). The van der Waals surface area contributed by atoms with E-state index in [9.17, 15) is 10.5 Å². The summed E-state index contributed by atoms with van der Waals surface area (Å²) in [5.41, 5.74) is 4.15. The largest absolute Gasteiger partial charge is 0.386 e. The summed E-state index contributed by atoms with van der Waals surface area (Å²) in [6.07, 6.45) is 1.40. The number of hydrogen-bond acceptors (Lipinski definition) is 6. The van der Waals surface area contributed by atoms with E-state index in [-0.39, 0.29) is 5.84 Å². The van der Waals surface area contributed by atoms with Gasteiger partial charge >= 0.3 is 0 Å². The van der Waals surface area contributed by atoms with Crippen LogP contribution in [0.15, 0.2) is 23.2 Å². The van der Waals surface area contributed by atoms with Crippen molar-refractivity contribution in [2.45, 2.75) is 38.5 Å². The molecule has 1 fully saturated rings. The zero-order chi connectivity index (χ0) is 19.9. The minimum absolute atomic E-state index is 0.0508. The molecule has 0 saturated heterocycles. The molecule has 2 N–H and O–H groups in total. The Hall–Kier alpha value is -1.83. The highest BCUT2D eigenvalue weighted by Gasteiger charge is 2.93. The van der Waals surface area contributed by atoms with Crippen molar-refractivity contribution >= 4 is 29.0 Å². The van der Waals surface area contributed by atoms with Gasteiger partial charge in [0.25, 0.3) is 5.91 Å². The van der Waals surface area contributed by atoms with Crippen LogP contribution in [0.2, 0.25) is 10.0 Å². The van der Waals surface area contributed by atoms with Crippen LogP contribution in [0.1, 0.15) is 38.2 Å². The van der Waals surface area contributed by atoms with E-state index in [1.807, 2.05) is 13.8 Å². The van der Waals surface area contributed by atoms with Crippen molar-refractivity contribution in [3.63, 3.8) is 0 Å². The Balaban J connectivity index is 2.18. The molecular formula is C19H20Cl2N4O2. The first kappa shape index (κ1) is 19.9. The normalized spacial score (nSPS) is 30.1. The lowest BCUT2D eigenvalue weighted by Gasteiger charge is -2.32. The van der Waals surface area contributed by atoms with E-state index in [1.54, 1.807) is 18.2 Å².